The Balaban J connectivity index is 1.76. The number of amides is 2. The number of carbonyl (C=O) groups excluding carboxylic acids is 3. The highest BCUT2D eigenvalue weighted by Gasteiger charge is 2.28. The van der Waals surface area contributed by atoms with E-state index in [0.29, 0.717) is 18.5 Å². The molecular weight excluding hydrogens is 392 g/mol. The first-order chi connectivity index (χ1) is 14.9. The number of aromatic amines is 2. The average molecular weight is 423 g/mol. The molecule has 164 valence electrons. The van der Waals surface area contributed by atoms with Gasteiger partial charge in [0.05, 0.1) is 5.69 Å². The topological polar surface area (TPSA) is 107 Å². The average Bonchev–Trinajstić information content (AvgIpc) is 3.42. The molecule has 0 radical (unpaired) electrons. The molecular formula is C24H30N4O3. The van der Waals surface area contributed by atoms with Gasteiger partial charge < -0.3 is 20.6 Å². The Hall–Kier alpha value is -3.35. The van der Waals surface area contributed by atoms with Gasteiger partial charge in [-0.15, -0.1) is 0 Å². The number of para-hydroxylation sites is 1. The zero-order chi connectivity index (χ0) is 22.4. The SMILES string of the molecule is CNC(=O)[C@H](Cc1c[nH]c2ccccc12)NC(=O)[C@@H](CC(=O)c1ccc[nH]1)CC(C)C. The Morgan fingerprint density at radius 1 is 1.00 bits per heavy atom. The number of ketones is 1. The zero-order valence-electron chi connectivity index (χ0n) is 18.2. The number of hydrogen-bond donors (Lipinski definition) is 4. The molecule has 7 nitrogen and oxygen atoms in total. The standard InChI is InChI=1S/C24H30N4O3/c1-15(2)11-16(13-22(29)20-9-6-10-26-20)23(30)28-21(24(31)25-3)12-17-14-27-19-8-5-4-7-18(17)19/h4-10,14-16,21,26-27H,11-13H2,1-3H3,(H,25,31)(H,28,30)/t16-,21+/m1/s1. The van der Waals surface area contributed by atoms with E-state index in [4.69, 9.17) is 0 Å². The molecule has 0 spiro atoms. The van der Waals surface area contributed by atoms with Gasteiger partial charge >= 0.3 is 0 Å². The quantitative estimate of drug-likeness (QED) is 0.377. The van der Waals surface area contributed by atoms with E-state index in [1.807, 2.05) is 44.3 Å². The highest BCUT2D eigenvalue weighted by molar-refractivity contribution is 5.98. The van der Waals surface area contributed by atoms with Crippen molar-refractivity contribution in [1.82, 2.24) is 20.6 Å². The first kappa shape index (κ1) is 22.3. The summed E-state index contributed by atoms with van der Waals surface area (Å²) in [6.07, 6.45) is 4.57. The van der Waals surface area contributed by atoms with Gasteiger partial charge in [-0.25, -0.2) is 0 Å². The molecule has 2 aromatic heterocycles. The first-order valence-electron chi connectivity index (χ1n) is 10.6. The van der Waals surface area contributed by atoms with E-state index < -0.39 is 12.0 Å². The maximum atomic E-state index is 13.1. The summed E-state index contributed by atoms with van der Waals surface area (Å²) in [6, 6.07) is 10.6. The van der Waals surface area contributed by atoms with E-state index in [1.54, 1.807) is 25.4 Å². The maximum Gasteiger partial charge on any atom is 0.242 e. The summed E-state index contributed by atoms with van der Waals surface area (Å²) in [4.78, 5) is 44.4. The van der Waals surface area contributed by atoms with Gasteiger partial charge in [-0.3, -0.25) is 14.4 Å². The summed E-state index contributed by atoms with van der Waals surface area (Å²) >= 11 is 0. The third kappa shape index (κ3) is 5.63. The predicted molar refractivity (Wildman–Crippen MR) is 121 cm³/mol. The van der Waals surface area contributed by atoms with Crippen LogP contribution in [0.3, 0.4) is 0 Å². The van der Waals surface area contributed by atoms with Gasteiger partial charge in [-0.2, -0.15) is 0 Å². The number of nitrogens with one attached hydrogen (secondary N) is 4. The number of Topliss-reactive ketones (excluding diaryl/α,β-unsaturated/α-hetero) is 1. The zero-order valence-corrected chi connectivity index (χ0v) is 18.2. The molecule has 0 bridgehead atoms. The molecule has 31 heavy (non-hydrogen) atoms. The van der Waals surface area contributed by atoms with Crippen LogP contribution in [-0.4, -0.2) is 40.7 Å². The van der Waals surface area contributed by atoms with Gasteiger partial charge in [0.1, 0.15) is 6.04 Å². The lowest BCUT2D eigenvalue weighted by molar-refractivity contribution is -0.131. The smallest absolute Gasteiger partial charge is 0.242 e. The van der Waals surface area contributed by atoms with Gasteiger partial charge in [0, 0.05) is 49.1 Å². The van der Waals surface area contributed by atoms with Crippen LogP contribution in [0.5, 0.6) is 0 Å². The minimum absolute atomic E-state index is 0.0953. The van der Waals surface area contributed by atoms with Crippen LogP contribution in [0.25, 0.3) is 10.9 Å². The minimum Gasteiger partial charge on any atom is -0.361 e. The van der Waals surface area contributed by atoms with Crippen LogP contribution in [0.1, 0.15) is 42.7 Å². The van der Waals surface area contributed by atoms with Crippen molar-refractivity contribution < 1.29 is 14.4 Å². The second-order valence-electron chi connectivity index (χ2n) is 8.28. The van der Waals surface area contributed by atoms with E-state index >= 15 is 0 Å². The molecule has 4 N–H and O–H groups in total. The number of carbonyl (C=O) groups is 3. The van der Waals surface area contributed by atoms with Crippen LogP contribution >= 0.6 is 0 Å². The highest BCUT2D eigenvalue weighted by atomic mass is 16.2. The van der Waals surface area contributed by atoms with Crippen LogP contribution in [0.15, 0.2) is 48.8 Å². The van der Waals surface area contributed by atoms with Crippen molar-refractivity contribution in [3.63, 3.8) is 0 Å². The van der Waals surface area contributed by atoms with E-state index in [2.05, 4.69) is 20.6 Å². The molecule has 3 rings (SSSR count). The van der Waals surface area contributed by atoms with Crippen molar-refractivity contribution in [3.05, 3.63) is 60.0 Å². The number of benzene rings is 1. The third-order valence-corrected chi connectivity index (χ3v) is 5.44. The largest absolute Gasteiger partial charge is 0.361 e. The van der Waals surface area contributed by atoms with Crippen LogP contribution in [0.4, 0.5) is 0 Å². The molecule has 2 heterocycles. The Kier molecular flexibility index (Phi) is 7.28. The van der Waals surface area contributed by atoms with Crippen molar-refractivity contribution in [1.29, 1.82) is 0 Å². The molecule has 3 aromatic rings. The third-order valence-electron chi connectivity index (χ3n) is 5.44. The Bertz CT molecular complexity index is 1040. The maximum absolute atomic E-state index is 13.1. The lowest BCUT2D eigenvalue weighted by atomic mass is 9.90. The predicted octanol–water partition coefficient (Wildman–Crippen LogP) is 3.20. The van der Waals surface area contributed by atoms with Gasteiger partial charge in [-0.1, -0.05) is 32.0 Å². The molecule has 0 fully saturated rings. The second kappa shape index (κ2) is 10.1. The van der Waals surface area contributed by atoms with Gasteiger partial charge in [0.2, 0.25) is 11.8 Å². The van der Waals surface area contributed by atoms with Crippen molar-refractivity contribution >= 4 is 28.5 Å². The van der Waals surface area contributed by atoms with Crippen LogP contribution in [-0.2, 0) is 16.0 Å². The monoisotopic (exact) mass is 422 g/mol. The number of rotatable bonds is 10. The Morgan fingerprint density at radius 2 is 1.77 bits per heavy atom. The highest BCUT2D eigenvalue weighted by Crippen LogP contribution is 2.21. The second-order valence-corrected chi connectivity index (χ2v) is 8.28. The fourth-order valence-electron chi connectivity index (χ4n) is 3.88. The van der Waals surface area contributed by atoms with E-state index in [1.165, 1.54) is 0 Å². The first-order valence-corrected chi connectivity index (χ1v) is 10.6. The minimum atomic E-state index is -0.730. The molecule has 0 saturated carbocycles. The van der Waals surface area contributed by atoms with Gasteiger partial charge in [0.15, 0.2) is 5.78 Å². The molecule has 2 amide bonds. The molecule has 1 aromatic carbocycles. The Morgan fingerprint density at radius 3 is 2.45 bits per heavy atom. The molecule has 0 aliphatic heterocycles. The van der Waals surface area contributed by atoms with Crippen molar-refractivity contribution in [3.8, 4) is 0 Å². The van der Waals surface area contributed by atoms with Gasteiger partial charge in [0.25, 0.3) is 0 Å². The van der Waals surface area contributed by atoms with E-state index in [0.717, 1.165) is 16.5 Å². The fourth-order valence-corrected chi connectivity index (χ4v) is 3.88. The number of hydrogen-bond acceptors (Lipinski definition) is 3. The summed E-state index contributed by atoms with van der Waals surface area (Å²) in [5.41, 5.74) is 2.42. The lowest BCUT2D eigenvalue weighted by Crippen LogP contribution is -2.49. The molecule has 0 aliphatic carbocycles. The molecule has 0 unspecified atom stereocenters. The van der Waals surface area contributed by atoms with Crippen LogP contribution < -0.4 is 10.6 Å². The van der Waals surface area contributed by atoms with Crippen LogP contribution in [0.2, 0.25) is 0 Å². The summed E-state index contributed by atoms with van der Waals surface area (Å²) in [5.74, 6) is -0.927. The Labute approximate surface area is 182 Å². The molecule has 7 heteroatoms. The van der Waals surface area contributed by atoms with Crippen molar-refractivity contribution in [2.75, 3.05) is 7.05 Å². The molecule has 0 saturated heterocycles. The normalized spacial score (nSPS) is 13.2. The summed E-state index contributed by atoms with van der Waals surface area (Å²) in [6.45, 7) is 4.03. The summed E-state index contributed by atoms with van der Waals surface area (Å²) in [7, 11) is 1.55. The summed E-state index contributed by atoms with van der Waals surface area (Å²) in [5, 5.41) is 6.56. The van der Waals surface area contributed by atoms with Crippen molar-refractivity contribution in [2.24, 2.45) is 11.8 Å². The van der Waals surface area contributed by atoms with Gasteiger partial charge in [-0.05, 0) is 36.1 Å². The molecule has 0 aliphatic rings. The lowest BCUT2D eigenvalue weighted by Gasteiger charge is -2.22. The fraction of sp³-hybridized carbons (Fsp3) is 0.375. The molecule has 2 atom stereocenters. The number of H-pyrrole nitrogens is 2. The number of fused-ring (bicyclic) bond motifs is 1. The van der Waals surface area contributed by atoms with E-state index in [9.17, 15) is 14.4 Å². The van der Waals surface area contributed by atoms with E-state index in [-0.39, 0.29) is 29.9 Å². The van der Waals surface area contributed by atoms with Crippen LogP contribution in [0, 0.1) is 11.8 Å². The van der Waals surface area contributed by atoms with Crippen molar-refractivity contribution in [2.45, 2.75) is 39.2 Å². The number of likely N-dealkylation sites (N-methyl/N-ethyl adjacent to an activating group) is 1. The summed E-state index contributed by atoms with van der Waals surface area (Å²) < 4.78 is 0. The number of aromatic nitrogens is 2.